The SMILES string of the molecule is CC1CCN(S(=O)(=O)c2ccc(Cl)c(CO)c2Cl)CC1C. The molecule has 1 heterocycles. The number of nitrogens with zero attached hydrogens (tertiary/aromatic N) is 1. The van der Waals surface area contributed by atoms with E-state index in [0.717, 1.165) is 6.42 Å². The van der Waals surface area contributed by atoms with Crippen molar-refractivity contribution in [2.75, 3.05) is 13.1 Å². The lowest BCUT2D eigenvalue weighted by atomic mass is 9.90. The maximum Gasteiger partial charge on any atom is 0.244 e. The molecular formula is C14H19Cl2NO3S. The van der Waals surface area contributed by atoms with Gasteiger partial charge in [-0.1, -0.05) is 37.0 Å². The second-order valence-electron chi connectivity index (χ2n) is 5.60. The molecule has 1 aromatic carbocycles. The maximum atomic E-state index is 12.8. The molecule has 2 unspecified atom stereocenters. The zero-order valence-electron chi connectivity index (χ0n) is 12.0. The summed E-state index contributed by atoms with van der Waals surface area (Å²) in [7, 11) is -3.67. The van der Waals surface area contributed by atoms with Crippen LogP contribution in [0.15, 0.2) is 17.0 Å². The number of hydrogen-bond donors (Lipinski definition) is 1. The second kappa shape index (κ2) is 6.42. The van der Waals surface area contributed by atoms with E-state index in [1.54, 1.807) is 0 Å². The fourth-order valence-corrected chi connectivity index (χ4v) is 4.93. The van der Waals surface area contributed by atoms with E-state index in [1.165, 1.54) is 16.4 Å². The summed E-state index contributed by atoms with van der Waals surface area (Å²) in [5, 5.41) is 9.58. The molecule has 0 aliphatic carbocycles. The van der Waals surface area contributed by atoms with Gasteiger partial charge in [0.05, 0.1) is 11.6 Å². The largest absolute Gasteiger partial charge is 0.392 e. The summed E-state index contributed by atoms with van der Waals surface area (Å²) in [5.41, 5.74) is 0.248. The fraction of sp³-hybridized carbons (Fsp3) is 0.571. The Balaban J connectivity index is 2.41. The third kappa shape index (κ3) is 3.22. The summed E-state index contributed by atoms with van der Waals surface area (Å²) in [6, 6.07) is 2.86. The van der Waals surface area contributed by atoms with Crippen molar-refractivity contribution < 1.29 is 13.5 Å². The van der Waals surface area contributed by atoms with E-state index in [9.17, 15) is 13.5 Å². The summed E-state index contributed by atoms with van der Waals surface area (Å²) in [6.45, 7) is 4.76. The molecule has 0 spiro atoms. The number of halogens is 2. The van der Waals surface area contributed by atoms with Crippen molar-refractivity contribution in [2.24, 2.45) is 11.8 Å². The van der Waals surface area contributed by atoms with Crippen molar-refractivity contribution in [1.29, 1.82) is 0 Å². The summed E-state index contributed by atoms with van der Waals surface area (Å²) in [4.78, 5) is 0.0133. The molecule has 21 heavy (non-hydrogen) atoms. The number of hydrogen-bond acceptors (Lipinski definition) is 3. The van der Waals surface area contributed by atoms with Crippen LogP contribution in [-0.2, 0) is 16.6 Å². The first-order chi connectivity index (χ1) is 9.78. The molecular weight excluding hydrogens is 333 g/mol. The zero-order chi connectivity index (χ0) is 15.8. The third-order valence-corrected chi connectivity index (χ3v) is 7.03. The van der Waals surface area contributed by atoms with Crippen LogP contribution in [0.3, 0.4) is 0 Å². The van der Waals surface area contributed by atoms with Crippen molar-refractivity contribution in [2.45, 2.75) is 31.8 Å². The number of rotatable bonds is 3. The molecule has 1 aromatic rings. The molecule has 1 saturated heterocycles. The smallest absolute Gasteiger partial charge is 0.244 e. The van der Waals surface area contributed by atoms with Crippen LogP contribution in [0.2, 0.25) is 10.0 Å². The van der Waals surface area contributed by atoms with Crippen molar-refractivity contribution in [3.05, 3.63) is 27.7 Å². The summed E-state index contributed by atoms with van der Waals surface area (Å²) in [6.07, 6.45) is 0.832. The zero-order valence-corrected chi connectivity index (χ0v) is 14.3. The monoisotopic (exact) mass is 351 g/mol. The molecule has 0 aromatic heterocycles. The molecule has 1 fully saturated rings. The first kappa shape index (κ1) is 17.0. The van der Waals surface area contributed by atoms with Gasteiger partial charge in [0.25, 0.3) is 0 Å². The molecule has 0 radical (unpaired) electrons. The summed E-state index contributed by atoms with van der Waals surface area (Å²) in [5.74, 6) is 0.807. The highest BCUT2D eigenvalue weighted by molar-refractivity contribution is 7.89. The van der Waals surface area contributed by atoms with Gasteiger partial charge in [-0.05, 0) is 30.4 Å². The van der Waals surface area contributed by atoms with Gasteiger partial charge in [-0.15, -0.1) is 0 Å². The minimum absolute atomic E-state index is 0.0104. The molecule has 0 bridgehead atoms. The third-order valence-electron chi connectivity index (χ3n) is 4.22. The average Bonchev–Trinajstić information content (AvgIpc) is 2.42. The van der Waals surface area contributed by atoms with Gasteiger partial charge in [0, 0.05) is 23.7 Å². The van der Waals surface area contributed by atoms with E-state index in [2.05, 4.69) is 13.8 Å². The minimum Gasteiger partial charge on any atom is -0.392 e. The van der Waals surface area contributed by atoms with Crippen molar-refractivity contribution in [3.8, 4) is 0 Å². The molecule has 7 heteroatoms. The molecule has 1 aliphatic heterocycles. The Bertz CT molecular complexity index is 633. The summed E-state index contributed by atoms with van der Waals surface area (Å²) < 4.78 is 27.0. The molecule has 0 amide bonds. The fourth-order valence-electron chi connectivity index (χ4n) is 2.50. The van der Waals surface area contributed by atoms with E-state index in [0.29, 0.717) is 24.9 Å². The Hall–Kier alpha value is -0.330. The van der Waals surface area contributed by atoms with Gasteiger partial charge in [-0.3, -0.25) is 0 Å². The molecule has 0 saturated carbocycles. The van der Waals surface area contributed by atoms with Crippen LogP contribution in [0, 0.1) is 11.8 Å². The van der Waals surface area contributed by atoms with Crippen molar-refractivity contribution in [1.82, 2.24) is 4.31 Å². The lowest BCUT2D eigenvalue weighted by Crippen LogP contribution is -2.42. The van der Waals surface area contributed by atoms with Crippen LogP contribution in [0.1, 0.15) is 25.8 Å². The quantitative estimate of drug-likeness (QED) is 0.909. The van der Waals surface area contributed by atoms with Gasteiger partial charge in [-0.25, -0.2) is 8.42 Å². The van der Waals surface area contributed by atoms with Crippen molar-refractivity contribution in [3.63, 3.8) is 0 Å². The molecule has 118 valence electrons. The average molecular weight is 352 g/mol. The number of piperidine rings is 1. The second-order valence-corrected chi connectivity index (χ2v) is 8.29. The lowest BCUT2D eigenvalue weighted by molar-refractivity contribution is 0.212. The van der Waals surface area contributed by atoms with Gasteiger partial charge < -0.3 is 5.11 Å². The van der Waals surface area contributed by atoms with E-state index in [1.807, 2.05) is 0 Å². The molecule has 1 aliphatic rings. The van der Waals surface area contributed by atoms with E-state index in [-0.39, 0.29) is 20.5 Å². The Labute approximate surface area is 135 Å². The normalized spacial score (nSPS) is 24.2. The minimum atomic E-state index is -3.67. The predicted octanol–water partition coefficient (Wildman–Crippen LogP) is 3.15. The van der Waals surface area contributed by atoms with Crippen molar-refractivity contribution >= 4 is 33.2 Å². The maximum absolute atomic E-state index is 12.8. The highest BCUT2D eigenvalue weighted by Gasteiger charge is 2.33. The number of benzene rings is 1. The Kier molecular flexibility index (Phi) is 5.21. The van der Waals surface area contributed by atoms with Gasteiger partial charge in [0.1, 0.15) is 4.90 Å². The van der Waals surface area contributed by atoms with Gasteiger partial charge >= 0.3 is 0 Å². The van der Waals surface area contributed by atoms with Crippen LogP contribution in [-0.4, -0.2) is 30.9 Å². The molecule has 2 atom stereocenters. The molecule has 1 N–H and O–H groups in total. The number of aliphatic hydroxyl groups excluding tert-OH is 1. The van der Waals surface area contributed by atoms with Crippen LogP contribution in [0.25, 0.3) is 0 Å². The van der Waals surface area contributed by atoms with Crippen LogP contribution >= 0.6 is 23.2 Å². The Morgan fingerprint density at radius 2 is 1.95 bits per heavy atom. The highest BCUT2D eigenvalue weighted by atomic mass is 35.5. The van der Waals surface area contributed by atoms with E-state index >= 15 is 0 Å². The lowest BCUT2D eigenvalue weighted by Gasteiger charge is -2.34. The van der Waals surface area contributed by atoms with Gasteiger partial charge in [0.2, 0.25) is 10.0 Å². The predicted molar refractivity (Wildman–Crippen MR) is 84.1 cm³/mol. The summed E-state index contributed by atoms with van der Waals surface area (Å²) >= 11 is 12.1. The van der Waals surface area contributed by atoms with E-state index in [4.69, 9.17) is 23.2 Å². The topological polar surface area (TPSA) is 57.6 Å². The first-order valence-electron chi connectivity index (χ1n) is 6.87. The van der Waals surface area contributed by atoms with Crippen LogP contribution in [0.4, 0.5) is 0 Å². The van der Waals surface area contributed by atoms with Gasteiger partial charge in [0.15, 0.2) is 0 Å². The number of sulfonamides is 1. The highest BCUT2D eigenvalue weighted by Crippen LogP contribution is 2.34. The molecule has 2 rings (SSSR count). The standard InChI is InChI=1S/C14H19Cl2NO3S/c1-9-5-6-17(7-10(9)2)21(19,20)13-4-3-12(15)11(8-18)14(13)16/h3-4,9-10,18H,5-8H2,1-2H3. The Morgan fingerprint density at radius 1 is 1.29 bits per heavy atom. The van der Waals surface area contributed by atoms with E-state index < -0.39 is 16.6 Å². The van der Waals surface area contributed by atoms with Gasteiger partial charge in [-0.2, -0.15) is 4.31 Å². The number of aliphatic hydroxyl groups is 1. The first-order valence-corrected chi connectivity index (χ1v) is 9.06. The molecule has 4 nitrogen and oxygen atoms in total. The van der Waals surface area contributed by atoms with Crippen LogP contribution < -0.4 is 0 Å². The van der Waals surface area contributed by atoms with Crippen LogP contribution in [0.5, 0.6) is 0 Å². The Morgan fingerprint density at radius 3 is 2.52 bits per heavy atom.